The zero-order valence-electron chi connectivity index (χ0n) is 9.80. The monoisotopic (exact) mass is 263 g/mol. The molecule has 18 heavy (non-hydrogen) atoms. The molecular formula is C12H13N3O2S. The molecule has 0 radical (unpaired) electrons. The molecular weight excluding hydrogens is 250 g/mol. The van der Waals surface area contributed by atoms with Crippen LogP contribution in [0.1, 0.15) is 20.2 Å². The second-order valence-corrected chi connectivity index (χ2v) is 5.11. The van der Waals surface area contributed by atoms with Crippen LogP contribution in [-0.2, 0) is 6.54 Å². The van der Waals surface area contributed by atoms with E-state index in [0.717, 1.165) is 9.88 Å². The van der Waals surface area contributed by atoms with Crippen LogP contribution in [0.4, 0.5) is 11.4 Å². The predicted molar refractivity (Wildman–Crippen MR) is 72.0 cm³/mol. The molecule has 1 aromatic heterocycles. The normalized spacial score (nSPS) is 10.3. The van der Waals surface area contributed by atoms with Crippen molar-refractivity contribution in [2.24, 2.45) is 0 Å². The Morgan fingerprint density at radius 3 is 2.94 bits per heavy atom. The number of rotatable bonds is 4. The van der Waals surface area contributed by atoms with Gasteiger partial charge in [0.2, 0.25) is 0 Å². The molecule has 0 fully saturated rings. The molecule has 2 aromatic rings. The lowest BCUT2D eigenvalue weighted by Crippen LogP contribution is -2.07. The van der Waals surface area contributed by atoms with E-state index in [1.807, 2.05) is 6.92 Å². The van der Waals surface area contributed by atoms with Crippen molar-refractivity contribution in [1.82, 2.24) is 4.98 Å². The number of carboxylic acid groups (broad SMARTS) is 1. The Balaban J connectivity index is 2.14. The van der Waals surface area contributed by atoms with Gasteiger partial charge in [-0.2, -0.15) is 0 Å². The summed E-state index contributed by atoms with van der Waals surface area (Å²) in [6.45, 7) is 2.52. The summed E-state index contributed by atoms with van der Waals surface area (Å²) < 4.78 is 0. The predicted octanol–water partition coefficient (Wildman–Crippen LogP) is 2.34. The number of nitrogens with one attached hydrogen (secondary N) is 1. The van der Waals surface area contributed by atoms with Crippen LogP contribution < -0.4 is 11.1 Å². The number of nitrogens with zero attached hydrogens (tertiary/aromatic N) is 1. The SMILES string of the molecule is Cc1cnc(CNc2cccc(C(=O)O)c2N)s1. The molecule has 0 amide bonds. The van der Waals surface area contributed by atoms with Gasteiger partial charge in [-0.05, 0) is 19.1 Å². The molecule has 1 heterocycles. The number of para-hydroxylation sites is 1. The van der Waals surface area contributed by atoms with E-state index in [-0.39, 0.29) is 11.3 Å². The van der Waals surface area contributed by atoms with Gasteiger partial charge in [0.1, 0.15) is 5.01 Å². The minimum Gasteiger partial charge on any atom is -0.478 e. The highest BCUT2D eigenvalue weighted by molar-refractivity contribution is 7.11. The summed E-state index contributed by atoms with van der Waals surface area (Å²) in [5.74, 6) is -1.03. The first-order valence-electron chi connectivity index (χ1n) is 5.35. The van der Waals surface area contributed by atoms with Gasteiger partial charge in [0.05, 0.1) is 23.5 Å². The summed E-state index contributed by atoms with van der Waals surface area (Å²) in [6, 6.07) is 4.90. The molecule has 0 aliphatic rings. The van der Waals surface area contributed by atoms with Crippen LogP contribution >= 0.6 is 11.3 Å². The van der Waals surface area contributed by atoms with Crippen LogP contribution in [0.3, 0.4) is 0 Å². The van der Waals surface area contributed by atoms with E-state index >= 15 is 0 Å². The van der Waals surface area contributed by atoms with E-state index in [1.54, 1.807) is 29.7 Å². The maximum Gasteiger partial charge on any atom is 0.337 e. The fraction of sp³-hybridized carbons (Fsp3) is 0.167. The van der Waals surface area contributed by atoms with Crippen LogP contribution in [0, 0.1) is 6.92 Å². The maximum atomic E-state index is 10.9. The number of anilines is 2. The molecule has 0 bridgehead atoms. The lowest BCUT2D eigenvalue weighted by atomic mass is 10.1. The average molecular weight is 263 g/mol. The molecule has 0 saturated carbocycles. The van der Waals surface area contributed by atoms with Gasteiger partial charge in [-0.1, -0.05) is 6.07 Å². The third kappa shape index (κ3) is 2.60. The third-order valence-corrected chi connectivity index (χ3v) is 3.35. The zero-order chi connectivity index (χ0) is 13.1. The van der Waals surface area contributed by atoms with Crippen molar-refractivity contribution in [2.75, 3.05) is 11.1 Å². The summed E-state index contributed by atoms with van der Waals surface area (Å²) >= 11 is 1.59. The summed E-state index contributed by atoms with van der Waals surface area (Å²) in [4.78, 5) is 16.3. The van der Waals surface area contributed by atoms with Crippen molar-refractivity contribution in [3.8, 4) is 0 Å². The van der Waals surface area contributed by atoms with Gasteiger partial charge in [-0.15, -0.1) is 11.3 Å². The van der Waals surface area contributed by atoms with Crippen molar-refractivity contribution >= 4 is 28.7 Å². The molecule has 0 unspecified atom stereocenters. The number of carbonyl (C=O) groups is 1. The molecule has 94 valence electrons. The highest BCUT2D eigenvalue weighted by Crippen LogP contribution is 2.23. The topological polar surface area (TPSA) is 88.2 Å². The largest absolute Gasteiger partial charge is 0.478 e. The van der Waals surface area contributed by atoms with E-state index in [2.05, 4.69) is 10.3 Å². The van der Waals surface area contributed by atoms with Gasteiger partial charge in [0, 0.05) is 11.1 Å². The number of hydrogen-bond donors (Lipinski definition) is 3. The molecule has 2 rings (SSSR count). The number of benzene rings is 1. The Hall–Kier alpha value is -2.08. The Kier molecular flexibility index (Phi) is 3.47. The highest BCUT2D eigenvalue weighted by Gasteiger charge is 2.10. The first-order valence-corrected chi connectivity index (χ1v) is 6.16. The van der Waals surface area contributed by atoms with Crippen molar-refractivity contribution in [3.63, 3.8) is 0 Å². The van der Waals surface area contributed by atoms with E-state index < -0.39 is 5.97 Å². The summed E-state index contributed by atoms with van der Waals surface area (Å²) in [7, 11) is 0. The van der Waals surface area contributed by atoms with Crippen LogP contribution in [0.25, 0.3) is 0 Å². The summed E-state index contributed by atoms with van der Waals surface area (Å²) in [5, 5.41) is 13.0. The lowest BCUT2D eigenvalue weighted by molar-refractivity contribution is 0.0698. The fourth-order valence-electron chi connectivity index (χ4n) is 1.56. The number of nitrogens with two attached hydrogens (primary N) is 1. The van der Waals surface area contributed by atoms with Crippen molar-refractivity contribution < 1.29 is 9.90 Å². The molecule has 0 spiro atoms. The maximum absolute atomic E-state index is 10.9. The number of nitrogen functional groups attached to an aromatic ring is 1. The van der Waals surface area contributed by atoms with E-state index in [0.29, 0.717) is 12.2 Å². The van der Waals surface area contributed by atoms with Crippen LogP contribution in [0.15, 0.2) is 24.4 Å². The fourth-order valence-corrected chi connectivity index (χ4v) is 2.29. The molecule has 0 aliphatic carbocycles. The Morgan fingerprint density at radius 2 is 2.33 bits per heavy atom. The average Bonchev–Trinajstić information content (AvgIpc) is 2.73. The van der Waals surface area contributed by atoms with Gasteiger partial charge in [-0.25, -0.2) is 9.78 Å². The van der Waals surface area contributed by atoms with Gasteiger partial charge >= 0.3 is 5.97 Å². The lowest BCUT2D eigenvalue weighted by Gasteiger charge is -2.09. The van der Waals surface area contributed by atoms with E-state index in [9.17, 15) is 4.79 Å². The molecule has 5 nitrogen and oxygen atoms in total. The van der Waals surface area contributed by atoms with Gasteiger partial charge < -0.3 is 16.2 Å². The zero-order valence-corrected chi connectivity index (χ0v) is 10.6. The number of aryl methyl sites for hydroxylation is 1. The Labute approximate surface area is 108 Å². The Bertz CT molecular complexity index is 580. The second-order valence-electron chi connectivity index (χ2n) is 3.79. The van der Waals surface area contributed by atoms with Crippen LogP contribution in [-0.4, -0.2) is 16.1 Å². The summed E-state index contributed by atoms with van der Waals surface area (Å²) in [6.07, 6.45) is 1.80. The van der Waals surface area contributed by atoms with Gasteiger partial charge in [0.25, 0.3) is 0 Å². The molecule has 1 aromatic carbocycles. The minimum absolute atomic E-state index is 0.107. The van der Waals surface area contributed by atoms with Crippen molar-refractivity contribution in [1.29, 1.82) is 0 Å². The molecule has 6 heteroatoms. The number of thiazole rings is 1. The van der Waals surface area contributed by atoms with Crippen molar-refractivity contribution in [3.05, 3.63) is 39.8 Å². The van der Waals surface area contributed by atoms with Gasteiger partial charge in [0.15, 0.2) is 0 Å². The second kappa shape index (κ2) is 5.05. The standard InChI is InChI=1S/C12H13N3O2S/c1-7-5-15-10(18-7)6-14-9-4-2-3-8(11(9)13)12(16)17/h2-5,14H,6,13H2,1H3,(H,16,17). The first-order chi connectivity index (χ1) is 8.58. The van der Waals surface area contributed by atoms with E-state index in [1.165, 1.54) is 6.07 Å². The van der Waals surface area contributed by atoms with Crippen molar-refractivity contribution in [2.45, 2.75) is 13.5 Å². The number of aromatic carboxylic acids is 1. The molecule has 0 atom stereocenters. The van der Waals surface area contributed by atoms with E-state index in [4.69, 9.17) is 10.8 Å². The smallest absolute Gasteiger partial charge is 0.337 e. The molecule has 4 N–H and O–H groups in total. The van der Waals surface area contributed by atoms with Crippen LogP contribution in [0.5, 0.6) is 0 Å². The first kappa shape index (κ1) is 12.4. The minimum atomic E-state index is -1.03. The van der Waals surface area contributed by atoms with Crippen LogP contribution in [0.2, 0.25) is 0 Å². The highest BCUT2D eigenvalue weighted by atomic mass is 32.1. The number of aromatic nitrogens is 1. The third-order valence-electron chi connectivity index (χ3n) is 2.44. The molecule has 0 saturated heterocycles. The molecule has 0 aliphatic heterocycles. The number of hydrogen-bond acceptors (Lipinski definition) is 5. The summed E-state index contributed by atoms with van der Waals surface area (Å²) in [5.41, 5.74) is 6.76. The Morgan fingerprint density at radius 1 is 1.56 bits per heavy atom. The number of carboxylic acids is 1. The quantitative estimate of drug-likeness (QED) is 0.737. The van der Waals surface area contributed by atoms with Gasteiger partial charge in [-0.3, -0.25) is 0 Å².